The van der Waals surface area contributed by atoms with Crippen LogP contribution in [0.5, 0.6) is 0 Å². The first-order valence-electron chi connectivity index (χ1n) is 4.23. The van der Waals surface area contributed by atoms with Crippen LogP contribution in [0.2, 0.25) is 5.02 Å². The Morgan fingerprint density at radius 2 is 2.07 bits per heavy atom. The van der Waals surface area contributed by atoms with Crippen molar-refractivity contribution >= 4 is 11.6 Å². The first-order chi connectivity index (χ1) is 6.66. The molecule has 4 heteroatoms. The second kappa shape index (κ2) is 3.42. The summed E-state index contributed by atoms with van der Waals surface area (Å²) in [4.78, 5) is 4.11. The van der Waals surface area contributed by atoms with Crippen LogP contribution in [0.15, 0.2) is 22.7 Å². The van der Waals surface area contributed by atoms with Gasteiger partial charge in [0.2, 0.25) is 0 Å². The van der Waals surface area contributed by atoms with Crippen LogP contribution < -0.4 is 0 Å². The number of aromatic nitrogens is 2. The third kappa shape index (κ3) is 1.63. The molecule has 2 aromatic rings. The van der Waals surface area contributed by atoms with Crippen LogP contribution in [0, 0.1) is 13.8 Å². The number of rotatable bonds is 1. The first-order valence-corrected chi connectivity index (χ1v) is 4.61. The smallest absolute Gasteiger partial charge is 0.259 e. The van der Waals surface area contributed by atoms with E-state index in [2.05, 4.69) is 10.1 Å². The van der Waals surface area contributed by atoms with E-state index in [1.165, 1.54) is 0 Å². The molecule has 0 radical (unpaired) electrons. The summed E-state index contributed by atoms with van der Waals surface area (Å²) in [6, 6.07) is 5.71. The van der Waals surface area contributed by atoms with Gasteiger partial charge in [0, 0.05) is 0 Å². The maximum absolute atomic E-state index is 6.05. The molecule has 0 unspecified atom stereocenters. The van der Waals surface area contributed by atoms with Gasteiger partial charge >= 0.3 is 0 Å². The predicted molar refractivity (Wildman–Crippen MR) is 54.2 cm³/mol. The average molecular weight is 209 g/mol. The monoisotopic (exact) mass is 208 g/mol. The first kappa shape index (κ1) is 9.21. The lowest BCUT2D eigenvalue weighted by atomic mass is 10.1. The van der Waals surface area contributed by atoms with Crippen molar-refractivity contribution < 1.29 is 4.52 Å². The lowest BCUT2D eigenvalue weighted by Crippen LogP contribution is -1.81. The average Bonchev–Trinajstić information content (AvgIpc) is 2.51. The lowest BCUT2D eigenvalue weighted by Gasteiger charge is -1.99. The van der Waals surface area contributed by atoms with Crippen molar-refractivity contribution in [2.75, 3.05) is 0 Å². The van der Waals surface area contributed by atoms with Crippen LogP contribution in [-0.2, 0) is 0 Å². The van der Waals surface area contributed by atoms with E-state index in [9.17, 15) is 0 Å². The fraction of sp³-hybridized carbons (Fsp3) is 0.200. The number of hydrogen-bond acceptors (Lipinski definition) is 3. The minimum absolute atomic E-state index is 0.465. The van der Waals surface area contributed by atoms with Gasteiger partial charge in [0.25, 0.3) is 5.89 Å². The second-order valence-electron chi connectivity index (χ2n) is 3.13. The van der Waals surface area contributed by atoms with Crippen LogP contribution in [0.1, 0.15) is 11.4 Å². The molecule has 0 spiro atoms. The molecule has 0 N–H and O–H groups in total. The van der Waals surface area contributed by atoms with E-state index >= 15 is 0 Å². The molecule has 0 aliphatic rings. The highest BCUT2D eigenvalue weighted by Gasteiger charge is 2.09. The molecule has 2 rings (SSSR count). The van der Waals surface area contributed by atoms with Crippen LogP contribution in [0.4, 0.5) is 0 Å². The van der Waals surface area contributed by atoms with E-state index < -0.39 is 0 Å². The van der Waals surface area contributed by atoms with Crippen LogP contribution in [-0.4, -0.2) is 10.1 Å². The zero-order chi connectivity index (χ0) is 10.1. The SMILES string of the molecule is Cc1ccc(-c2nc(C)no2)c(Cl)c1. The Labute approximate surface area is 86.7 Å². The van der Waals surface area contributed by atoms with Gasteiger partial charge in [0.15, 0.2) is 5.82 Å². The molecule has 72 valence electrons. The Morgan fingerprint density at radius 1 is 1.29 bits per heavy atom. The van der Waals surface area contributed by atoms with Crippen LogP contribution in [0.3, 0.4) is 0 Å². The highest BCUT2D eigenvalue weighted by atomic mass is 35.5. The van der Waals surface area contributed by atoms with Gasteiger partial charge in [-0.2, -0.15) is 4.98 Å². The topological polar surface area (TPSA) is 38.9 Å². The van der Waals surface area contributed by atoms with Gasteiger partial charge in [-0.15, -0.1) is 0 Å². The Bertz CT molecular complexity index is 465. The Kier molecular flexibility index (Phi) is 2.25. The summed E-state index contributed by atoms with van der Waals surface area (Å²) in [5.74, 6) is 1.07. The fourth-order valence-electron chi connectivity index (χ4n) is 1.20. The van der Waals surface area contributed by atoms with Gasteiger partial charge in [-0.1, -0.05) is 22.8 Å². The molecule has 0 saturated carbocycles. The molecule has 1 heterocycles. The van der Waals surface area contributed by atoms with Crippen LogP contribution in [0.25, 0.3) is 11.5 Å². The lowest BCUT2D eigenvalue weighted by molar-refractivity contribution is 0.425. The summed E-state index contributed by atoms with van der Waals surface area (Å²) in [5, 5.41) is 4.34. The highest BCUT2D eigenvalue weighted by Crippen LogP contribution is 2.26. The van der Waals surface area contributed by atoms with Gasteiger partial charge in [0.1, 0.15) is 0 Å². The summed E-state index contributed by atoms with van der Waals surface area (Å²) in [7, 11) is 0. The molecule has 0 aliphatic heterocycles. The number of benzene rings is 1. The third-order valence-corrected chi connectivity index (χ3v) is 2.20. The Morgan fingerprint density at radius 3 is 2.64 bits per heavy atom. The maximum Gasteiger partial charge on any atom is 0.259 e. The largest absolute Gasteiger partial charge is 0.334 e. The second-order valence-corrected chi connectivity index (χ2v) is 3.54. The molecule has 0 atom stereocenters. The van der Waals surface area contributed by atoms with Crippen molar-refractivity contribution in [1.82, 2.24) is 10.1 Å². The molecule has 0 amide bonds. The van der Waals surface area contributed by atoms with E-state index in [1.807, 2.05) is 25.1 Å². The van der Waals surface area contributed by atoms with Crippen molar-refractivity contribution in [2.45, 2.75) is 13.8 Å². The zero-order valence-corrected chi connectivity index (χ0v) is 8.67. The van der Waals surface area contributed by atoms with E-state index in [4.69, 9.17) is 16.1 Å². The van der Waals surface area contributed by atoms with Crippen molar-refractivity contribution in [3.8, 4) is 11.5 Å². The molecular weight excluding hydrogens is 200 g/mol. The summed E-state index contributed by atoms with van der Waals surface area (Å²) in [6.07, 6.45) is 0. The van der Waals surface area contributed by atoms with E-state index in [0.29, 0.717) is 16.7 Å². The molecule has 0 bridgehead atoms. The maximum atomic E-state index is 6.05. The molecule has 14 heavy (non-hydrogen) atoms. The minimum Gasteiger partial charge on any atom is -0.334 e. The molecule has 0 saturated heterocycles. The number of aryl methyl sites for hydroxylation is 2. The number of halogens is 1. The Hall–Kier alpha value is -1.35. The highest BCUT2D eigenvalue weighted by molar-refractivity contribution is 6.33. The molecular formula is C10H9ClN2O. The normalized spacial score (nSPS) is 10.5. The molecule has 0 fully saturated rings. The van der Waals surface area contributed by atoms with Gasteiger partial charge in [0.05, 0.1) is 10.6 Å². The molecule has 3 nitrogen and oxygen atoms in total. The quantitative estimate of drug-likeness (QED) is 0.723. The van der Waals surface area contributed by atoms with E-state index in [-0.39, 0.29) is 0 Å². The van der Waals surface area contributed by atoms with E-state index in [0.717, 1.165) is 11.1 Å². The number of nitrogens with zero attached hydrogens (tertiary/aromatic N) is 2. The predicted octanol–water partition coefficient (Wildman–Crippen LogP) is 3.01. The number of hydrogen-bond donors (Lipinski definition) is 0. The summed E-state index contributed by atoms with van der Waals surface area (Å²) in [5.41, 5.74) is 1.88. The molecule has 1 aromatic heterocycles. The van der Waals surface area contributed by atoms with Gasteiger partial charge in [-0.3, -0.25) is 0 Å². The molecule has 0 aliphatic carbocycles. The minimum atomic E-state index is 0.465. The summed E-state index contributed by atoms with van der Waals surface area (Å²) < 4.78 is 5.03. The summed E-state index contributed by atoms with van der Waals surface area (Å²) >= 11 is 6.05. The molecule has 1 aromatic carbocycles. The van der Waals surface area contributed by atoms with Crippen molar-refractivity contribution in [3.63, 3.8) is 0 Å². The van der Waals surface area contributed by atoms with Gasteiger partial charge < -0.3 is 4.52 Å². The van der Waals surface area contributed by atoms with Crippen molar-refractivity contribution in [3.05, 3.63) is 34.6 Å². The van der Waals surface area contributed by atoms with Crippen molar-refractivity contribution in [2.24, 2.45) is 0 Å². The van der Waals surface area contributed by atoms with Gasteiger partial charge in [-0.05, 0) is 31.5 Å². The zero-order valence-electron chi connectivity index (χ0n) is 7.91. The van der Waals surface area contributed by atoms with Crippen LogP contribution >= 0.6 is 11.6 Å². The van der Waals surface area contributed by atoms with Crippen molar-refractivity contribution in [1.29, 1.82) is 0 Å². The van der Waals surface area contributed by atoms with E-state index in [1.54, 1.807) is 6.92 Å². The Balaban J connectivity index is 2.52. The third-order valence-electron chi connectivity index (χ3n) is 1.88. The summed E-state index contributed by atoms with van der Waals surface area (Å²) in [6.45, 7) is 3.75. The standard InChI is InChI=1S/C10H9ClN2O/c1-6-3-4-8(9(11)5-6)10-12-7(2)13-14-10/h3-5H,1-2H3. The fourth-order valence-corrected chi connectivity index (χ4v) is 1.52. The van der Waals surface area contributed by atoms with Gasteiger partial charge in [-0.25, -0.2) is 0 Å².